The molecule has 0 amide bonds. The van der Waals surface area contributed by atoms with Gasteiger partial charge in [0.2, 0.25) is 0 Å². The molecule has 2 aliphatic rings. The molecular weight excluding hydrogens is 206 g/mol. The Balaban J connectivity index is 1.99. The van der Waals surface area contributed by atoms with Crippen molar-refractivity contribution >= 4 is 0 Å². The molecule has 0 aromatic heterocycles. The molecule has 1 heteroatoms. The molecule has 17 heavy (non-hydrogen) atoms. The topological polar surface area (TPSA) is 26.0 Å². The van der Waals surface area contributed by atoms with Crippen molar-refractivity contribution < 1.29 is 0 Å². The van der Waals surface area contributed by atoms with E-state index in [4.69, 9.17) is 5.73 Å². The van der Waals surface area contributed by atoms with Crippen molar-refractivity contribution in [1.29, 1.82) is 0 Å². The molecule has 0 aliphatic heterocycles. The second kappa shape index (κ2) is 5.73. The van der Waals surface area contributed by atoms with Crippen LogP contribution in [0.3, 0.4) is 0 Å². The van der Waals surface area contributed by atoms with Crippen LogP contribution in [-0.4, -0.2) is 5.54 Å². The molecule has 2 unspecified atom stereocenters. The summed E-state index contributed by atoms with van der Waals surface area (Å²) in [6.07, 6.45) is 13.8. The quantitative estimate of drug-likeness (QED) is 0.768. The van der Waals surface area contributed by atoms with Crippen LogP contribution >= 0.6 is 0 Å². The van der Waals surface area contributed by atoms with Gasteiger partial charge in [-0.3, -0.25) is 0 Å². The smallest absolute Gasteiger partial charge is 0.0185 e. The van der Waals surface area contributed by atoms with Crippen LogP contribution in [-0.2, 0) is 0 Å². The summed E-state index contributed by atoms with van der Waals surface area (Å²) in [7, 11) is 0. The minimum atomic E-state index is 0.201. The van der Waals surface area contributed by atoms with Gasteiger partial charge in [0, 0.05) is 5.54 Å². The molecule has 0 spiro atoms. The van der Waals surface area contributed by atoms with E-state index in [1.165, 1.54) is 64.2 Å². The van der Waals surface area contributed by atoms with Gasteiger partial charge in [0.25, 0.3) is 0 Å². The Hall–Kier alpha value is -0.0400. The SMILES string of the molecule is CCC1CCC(N)(C2CCCCC2CC)CC1. The molecule has 2 fully saturated rings. The van der Waals surface area contributed by atoms with E-state index in [-0.39, 0.29) is 5.54 Å². The van der Waals surface area contributed by atoms with E-state index in [9.17, 15) is 0 Å². The van der Waals surface area contributed by atoms with E-state index in [0.29, 0.717) is 0 Å². The Bertz CT molecular complexity index is 228. The Labute approximate surface area is 108 Å². The summed E-state index contributed by atoms with van der Waals surface area (Å²) in [5.74, 6) is 2.72. The Morgan fingerprint density at radius 1 is 0.941 bits per heavy atom. The number of hydrogen-bond acceptors (Lipinski definition) is 1. The fourth-order valence-corrected chi connectivity index (χ4v) is 4.45. The highest BCUT2D eigenvalue weighted by molar-refractivity contribution is 4.98. The molecule has 2 saturated carbocycles. The van der Waals surface area contributed by atoms with Crippen LogP contribution in [0.5, 0.6) is 0 Å². The summed E-state index contributed by atoms with van der Waals surface area (Å²) in [5, 5.41) is 0. The molecule has 2 aliphatic carbocycles. The van der Waals surface area contributed by atoms with Crippen LogP contribution in [0.1, 0.15) is 78.1 Å². The van der Waals surface area contributed by atoms with Crippen LogP contribution in [0.15, 0.2) is 0 Å². The van der Waals surface area contributed by atoms with Crippen LogP contribution < -0.4 is 5.73 Å². The minimum absolute atomic E-state index is 0.201. The number of nitrogens with two attached hydrogens (primary N) is 1. The van der Waals surface area contributed by atoms with E-state index < -0.39 is 0 Å². The van der Waals surface area contributed by atoms with Crippen molar-refractivity contribution in [2.45, 2.75) is 83.6 Å². The molecule has 2 N–H and O–H groups in total. The first-order valence-corrected chi connectivity index (χ1v) is 7.98. The molecule has 2 atom stereocenters. The van der Waals surface area contributed by atoms with Crippen molar-refractivity contribution in [2.24, 2.45) is 23.5 Å². The van der Waals surface area contributed by atoms with Gasteiger partial charge >= 0.3 is 0 Å². The second-order valence-corrected chi connectivity index (χ2v) is 6.64. The maximum Gasteiger partial charge on any atom is 0.0185 e. The predicted molar refractivity (Wildman–Crippen MR) is 74.9 cm³/mol. The molecule has 0 saturated heterocycles. The van der Waals surface area contributed by atoms with Crippen molar-refractivity contribution in [1.82, 2.24) is 0 Å². The minimum Gasteiger partial charge on any atom is -0.325 e. The average Bonchev–Trinajstić information content (AvgIpc) is 2.39. The third-order valence-corrected chi connectivity index (χ3v) is 5.79. The first-order chi connectivity index (χ1) is 8.19. The molecule has 1 nitrogen and oxygen atoms in total. The number of rotatable bonds is 3. The van der Waals surface area contributed by atoms with Gasteiger partial charge in [-0.15, -0.1) is 0 Å². The lowest BCUT2D eigenvalue weighted by Crippen LogP contribution is -2.53. The van der Waals surface area contributed by atoms with E-state index in [1.807, 2.05) is 0 Å². The van der Waals surface area contributed by atoms with Crippen molar-refractivity contribution in [3.63, 3.8) is 0 Å². The predicted octanol–water partition coefficient (Wildman–Crippen LogP) is 4.50. The summed E-state index contributed by atoms with van der Waals surface area (Å²) in [5.41, 5.74) is 7.02. The second-order valence-electron chi connectivity index (χ2n) is 6.64. The van der Waals surface area contributed by atoms with Gasteiger partial charge in [0.15, 0.2) is 0 Å². The lowest BCUT2D eigenvalue weighted by molar-refractivity contribution is 0.0798. The van der Waals surface area contributed by atoms with Crippen molar-refractivity contribution in [2.75, 3.05) is 0 Å². The zero-order valence-corrected chi connectivity index (χ0v) is 11.9. The normalized spacial score (nSPS) is 43.6. The maximum absolute atomic E-state index is 6.82. The van der Waals surface area contributed by atoms with Crippen LogP contribution in [0, 0.1) is 17.8 Å². The zero-order valence-electron chi connectivity index (χ0n) is 11.9. The van der Waals surface area contributed by atoms with Crippen LogP contribution in [0.25, 0.3) is 0 Å². The Morgan fingerprint density at radius 3 is 2.18 bits per heavy atom. The summed E-state index contributed by atoms with van der Waals surface area (Å²) < 4.78 is 0. The van der Waals surface area contributed by atoms with Gasteiger partial charge < -0.3 is 5.73 Å². The van der Waals surface area contributed by atoms with Crippen LogP contribution in [0.2, 0.25) is 0 Å². The first kappa shape index (κ1) is 13.4. The zero-order chi connectivity index (χ0) is 12.3. The largest absolute Gasteiger partial charge is 0.325 e. The summed E-state index contributed by atoms with van der Waals surface area (Å²) in [6.45, 7) is 4.70. The maximum atomic E-state index is 6.82. The average molecular weight is 237 g/mol. The fraction of sp³-hybridized carbons (Fsp3) is 1.00. The van der Waals surface area contributed by atoms with Crippen molar-refractivity contribution in [3.05, 3.63) is 0 Å². The third-order valence-electron chi connectivity index (χ3n) is 5.79. The van der Waals surface area contributed by atoms with Crippen molar-refractivity contribution in [3.8, 4) is 0 Å². The lowest BCUT2D eigenvalue weighted by atomic mass is 9.61. The summed E-state index contributed by atoms with van der Waals surface area (Å²) in [6, 6.07) is 0. The molecule has 0 heterocycles. The van der Waals surface area contributed by atoms with E-state index in [0.717, 1.165) is 17.8 Å². The highest BCUT2D eigenvalue weighted by Gasteiger charge is 2.42. The summed E-state index contributed by atoms with van der Waals surface area (Å²) in [4.78, 5) is 0. The van der Waals surface area contributed by atoms with Gasteiger partial charge in [-0.1, -0.05) is 46.0 Å². The van der Waals surface area contributed by atoms with E-state index in [2.05, 4.69) is 13.8 Å². The molecule has 0 aromatic carbocycles. The summed E-state index contributed by atoms with van der Waals surface area (Å²) >= 11 is 0. The third kappa shape index (κ3) is 2.86. The van der Waals surface area contributed by atoms with Crippen LogP contribution in [0.4, 0.5) is 0 Å². The van der Waals surface area contributed by atoms with E-state index in [1.54, 1.807) is 0 Å². The number of hydrogen-bond donors (Lipinski definition) is 1. The van der Waals surface area contributed by atoms with Gasteiger partial charge in [-0.05, 0) is 49.9 Å². The Morgan fingerprint density at radius 2 is 1.59 bits per heavy atom. The molecular formula is C16H31N. The van der Waals surface area contributed by atoms with Gasteiger partial charge in [0.05, 0.1) is 0 Å². The van der Waals surface area contributed by atoms with Gasteiger partial charge in [-0.25, -0.2) is 0 Å². The first-order valence-electron chi connectivity index (χ1n) is 7.98. The standard InChI is InChI=1S/C16H31N/c1-3-13-9-11-16(17,12-10-13)15-8-6-5-7-14(15)4-2/h13-15H,3-12,17H2,1-2H3. The highest BCUT2D eigenvalue weighted by Crippen LogP contribution is 2.45. The fourth-order valence-electron chi connectivity index (χ4n) is 4.45. The monoisotopic (exact) mass is 237 g/mol. The lowest BCUT2D eigenvalue weighted by Gasteiger charge is -2.48. The van der Waals surface area contributed by atoms with Gasteiger partial charge in [0.1, 0.15) is 0 Å². The highest BCUT2D eigenvalue weighted by atomic mass is 14.8. The molecule has 100 valence electrons. The molecule has 0 aromatic rings. The molecule has 0 bridgehead atoms. The van der Waals surface area contributed by atoms with Gasteiger partial charge in [-0.2, -0.15) is 0 Å². The van der Waals surface area contributed by atoms with E-state index >= 15 is 0 Å². The molecule has 0 radical (unpaired) electrons. The molecule has 2 rings (SSSR count). The Kier molecular flexibility index (Phi) is 4.52.